The molecule has 30 heavy (non-hydrogen) atoms. The number of fused-ring (bicyclic) bond motifs is 2. The van der Waals surface area contributed by atoms with Crippen molar-refractivity contribution in [1.29, 1.82) is 0 Å². The number of rotatable bonds is 10. The zero-order chi connectivity index (χ0) is 20.8. The highest BCUT2D eigenvalue weighted by Gasteiger charge is 2.42. The van der Waals surface area contributed by atoms with E-state index in [4.69, 9.17) is 0 Å². The third-order valence-corrected chi connectivity index (χ3v) is 6.95. The van der Waals surface area contributed by atoms with Crippen LogP contribution in [-0.2, 0) is 17.6 Å². The van der Waals surface area contributed by atoms with Gasteiger partial charge in [-0.1, -0.05) is 12.1 Å². The van der Waals surface area contributed by atoms with Crippen LogP contribution in [0.25, 0.3) is 0 Å². The average Bonchev–Trinajstić information content (AvgIpc) is 3.42. The van der Waals surface area contributed by atoms with Gasteiger partial charge in [-0.25, -0.2) is 0 Å². The van der Waals surface area contributed by atoms with E-state index in [9.17, 15) is 4.79 Å². The summed E-state index contributed by atoms with van der Waals surface area (Å²) >= 11 is 0. The van der Waals surface area contributed by atoms with Crippen molar-refractivity contribution < 1.29 is 4.79 Å². The van der Waals surface area contributed by atoms with Crippen LogP contribution < -0.4 is 0 Å². The van der Waals surface area contributed by atoms with Crippen LogP contribution in [0.1, 0.15) is 49.7 Å². The molecule has 4 heterocycles. The van der Waals surface area contributed by atoms with Crippen molar-refractivity contribution in [2.45, 2.75) is 63.5 Å². The van der Waals surface area contributed by atoms with E-state index in [1.165, 1.54) is 17.5 Å². The molecule has 0 N–H and O–H groups in total. The second-order valence-electron chi connectivity index (χ2n) is 9.01. The van der Waals surface area contributed by atoms with Crippen LogP contribution in [0.15, 0.2) is 49.1 Å². The summed E-state index contributed by atoms with van der Waals surface area (Å²) in [5.41, 5.74) is 2.56. The monoisotopic (exact) mass is 406 g/mol. The number of hydrogen-bond acceptors (Lipinski definition) is 4. The molecule has 2 bridgehead atoms. The van der Waals surface area contributed by atoms with E-state index < -0.39 is 0 Å². The minimum atomic E-state index is 0.118. The molecule has 3 unspecified atom stereocenters. The molecule has 2 saturated heterocycles. The molecule has 2 aromatic rings. The zero-order valence-electron chi connectivity index (χ0n) is 18.1. The quantitative estimate of drug-likeness (QED) is 0.603. The van der Waals surface area contributed by atoms with E-state index in [1.807, 2.05) is 44.0 Å². The van der Waals surface area contributed by atoms with Crippen molar-refractivity contribution in [1.82, 2.24) is 19.8 Å². The van der Waals surface area contributed by atoms with Crippen molar-refractivity contribution in [2.75, 3.05) is 20.1 Å². The van der Waals surface area contributed by atoms with Crippen LogP contribution in [0.5, 0.6) is 0 Å². The summed E-state index contributed by atoms with van der Waals surface area (Å²) in [6, 6.07) is 8.70. The first-order valence-corrected chi connectivity index (χ1v) is 11.5. The smallest absolute Gasteiger partial charge is 0.239 e. The minimum absolute atomic E-state index is 0.118. The van der Waals surface area contributed by atoms with Gasteiger partial charge in [0.1, 0.15) is 0 Å². The fraction of sp³-hybridized carbons (Fsp3) is 0.560. The number of pyridine rings is 2. The van der Waals surface area contributed by atoms with E-state index >= 15 is 0 Å². The lowest BCUT2D eigenvalue weighted by molar-refractivity contribution is -0.137. The Bertz CT molecular complexity index is 752. The van der Waals surface area contributed by atoms with Crippen LogP contribution in [0, 0.1) is 5.92 Å². The van der Waals surface area contributed by atoms with Gasteiger partial charge in [0.25, 0.3) is 0 Å². The van der Waals surface area contributed by atoms with E-state index in [1.54, 1.807) is 0 Å². The maximum atomic E-state index is 13.3. The number of hydrogen-bond donors (Lipinski definition) is 0. The van der Waals surface area contributed by atoms with Crippen molar-refractivity contribution in [3.63, 3.8) is 0 Å². The van der Waals surface area contributed by atoms with Crippen LogP contribution in [0.2, 0.25) is 0 Å². The third kappa shape index (κ3) is 5.25. The standard InChI is InChI=1S/C25H34N4O/c1-28(25(30)24-16-22-12-15-29(24)19-22)23(10-2-6-20-8-4-13-26-17-20)11-3-7-21-9-5-14-27-18-21/h4-5,8-9,13-14,17-18,22-24H,2-3,6-7,10-12,15-16,19H2,1H3. The number of piperidine rings is 1. The van der Waals surface area contributed by atoms with E-state index in [0.29, 0.717) is 11.9 Å². The fourth-order valence-electron chi connectivity index (χ4n) is 5.18. The van der Waals surface area contributed by atoms with Gasteiger partial charge in [0, 0.05) is 44.4 Å². The largest absolute Gasteiger partial charge is 0.341 e. The Labute approximate surface area is 180 Å². The topological polar surface area (TPSA) is 49.3 Å². The second kappa shape index (κ2) is 10.2. The lowest BCUT2D eigenvalue weighted by Gasteiger charge is -2.34. The van der Waals surface area contributed by atoms with Crippen LogP contribution in [0.3, 0.4) is 0 Å². The number of likely N-dealkylation sites (N-methyl/N-ethyl adjacent to an activating group) is 1. The molecule has 0 spiro atoms. The number of carbonyl (C=O) groups is 1. The molecule has 5 nitrogen and oxygen atoms in total. The van der Waals surface area contributed by atoms with Crippen molar-refractivity contribution in [2.24, 2.45) is 5.92 Å². The zero-order valence-corrected chi connectivity index (χ0v) is 18.1. The van der Waals surface area contributed by atoms with Crippen molar-refractivity contribution in [3.8, 4) is 0 Å². The summed E-state index contributed by atoms with van der Waals surface area (Å²) < 4.78 is 0. The Balaban J connectivity index is 1.34. The molecule has 0 aliphatic carbocycles. The SMILES string of the molecule is CN(C(=O)C1CC2CCN1C2)C(CCCc1cccnc1)CCCc1cccnc1. The predicted octanol–water partition coefficient (Wildman–Crippen LogP) is 3.74. The van der Waals surface area contributed by atoms with Gasteiger partial charge in [-0.15, -0.1) is 0 Å². The van der Waals surface area contributed by atoms with Gasteiger partial charge in [0.2, 0.25) is 5.91 Å². The van der Waals surface area contributed by atoms with Crippen LogP contribution in [0.4, 0.5) is 0 Å². The van der Waals surface area contributed by atoms with Gasteiger partial charge in [-0.2, -0.15) is 0 Å². The first-order chi connectivity index (χ1) is 14.7. The number of aromatic nitrogens is 2. The molecule has 0 aromatic carbocycles. The van der Waals surface area contributed by atoms with Crippen LogP contribution >= 0.6 is 0 Å². The molecule has 2 fully saturated rings. The summed E-state index contributed by atoms with van der Waals surface area (Å²) in [4.78, 5) is 26.3. The molecule has 3 atom stereocenters. The van der Waals surface area contributed by atoms with E-state index in [-0.39, 0.29) is 6.04 Å². The maximum Gasteiger partial charge on any atom is 0.239 e. The molecule has 2 aliphatic rings. The summed E-state index contributed by atoms with van der Waals surface area (Å²) in [7, 11) is 2.04. The average molecular weight is 407 g/mol. The van der Waals surface area contributed by atoms with Gasteiger partial charge in [-0.05, 0) is 87.1 Å². The highest BCUT2D eigenvalue weighted by Crippen LogP contribution is 2.34. The molecule has 0 radical (unpaired) electrons. The normalized spacial score (nSPS) is 22.5. The number of nitrogens with zero attached hydrogens (tertiary/aromatic N) is 4. The molecule has 2 aromatic heterocycles. The number of aryl methyl sites for hydroxylation is 2. The summed E-state index contributed by atoms with van der Waals surface area (Å²) in [6.45, 7) is 2.22. The number of amides is 1. The number of carbonyl (C=O) groups excluding carboxylic acids is 1. The summed E-state index contributed by atoms with van der Waals surface area (Å²) in [6.07, 6.45) is 16.2. The summed E-state index contributed by atoms with van der Waals surface area (Å²) in [5, 5.41) is 0. The van der Waals surface area contributed by atoms with E-state index in [2.05, 4.69) is 31.9 Å². The van der Waals surface area contributed by atoms with Gasteiger partial charge in [-0.3, -0.25) is 19.7 Å². The van der Waals surface area contributed by atoms with Crippen LogP contribution in [-0.4, -0.2) is 57.9 Å². The molecular formula is C25H34N4O. The molecule has 5 heteroatoms. The molecule has 0 saturated carbocycles. The Hall–Kier alpha value is -2.27. The molecule has 1 amide bonds. The fourth-order valence-corrected chi connectivity index (χ4v) is 5.18. The van der Waals surface area contributed by atoms with Gasteiger partial charge < -0.3 is 4.90 Å². The minimum Gasteiger partial charge on any atom is -0.341 e. The highest BCUT2D eigenvalue weighted by molar-refractivity contribution is 5.82. The molecular weight excluding hydrogens is 372 g/mol. The predicted molar refractivity (Wildman–Crippen MR) is 119 cm³/mol. The first-order valence-electron chi connectivity index (χ1n) is 11.5. The summed E-state index contributed by atoms with van der Waals surface area (Å²) in [5.74, 6) is 1.08. The first kappa shape index (κ1) is 21.0. The second-order valence-corrected chi connectivity index (χ2v) is 9.01. The van der Waals surface area contributed by atoms with E-state index in [0.717, 1.165) is 64.0 Å². The molecule has 4 rings (SSSR count). The third-order valence-electron chi connectivity index (χ3n) is 6.95. The maximum absolute atomic E-state index is 13.3. The molecule has 2 aliphatic heterocycles. The Morgan fingerprint density at radius 3 is 2.20 bits per heavy atom. The van der Waals surface area contributed by atoms with Crippen molar-refractivity contribution in [3.05, 3.63) is 60.2 Å². The lowest BCUT2D eigenvalue weighted by Crippen LogP contribution is -2.48. The Morgan fingerprint density at radius 1 is 1.10 bits per heavy atom. The molecule has 160 valence electrons. The lowest BCUT2D eigenvalue weighted by atomic mass is 9.96. The van der Waals surface area contributed by atoms with Gasteiger partial charge in [0.15, 0.2) is 0 Å². The Morgan fingerprint density at radius 2 is 1.73 bits per heavy atom. The Kier molecular flexibility index (Phi) is 7.11. The van der Waals surface area contributed by atoms with Gasteiger partial charge >= 0.3 is 0 Å². The highest BCUT2D eigenvalue weighted by atomic mass is 16.2. The van der Waals surface area contributed by atoms with Gasteiger partial charge in [0.05, 0.1) is 6.04 Å². The van der Waals surface area contributed by atoms with Crippen molar-refractivity contribution >= 4 is 5.91 Å².